The Morgan fingerprint density at radius 2 is 1.44 bits per heavy atom. The SMILES string of the molecule is C[Si](C)(C)OCC(O[Si](C)(C)C)=C(CCC[SiH3])C(=O)OO[Si](C)(C)C. The van der Waals surface area contributed by atoms with E-state index < -0.39 is 30.9 Å². The minimum absolute atomic E-state index is 0.332. The van der Waals surface area contributed by atoms with E-state index in [1.54, 1.807) is 0 Å². The van der Waals surface area contributed by atoms with Gasteiger partial charge < -0.3 is 13.7 Å². The highest BCUT2D eigenvalue weighted by molar-refractivity contribution is 6.70. The van der Waals surface area contributed by atoms with Crippen molar-refractivity contribution < 1.29 is 23.1 Å². The van der Waals surface area contributed by atoms with Gasteiger partial charge in [0.2, 0.25) is 16.6 Å². The molecule has 0 amide bonds. The van der Waals surface area contributed by atoms with Crippen LogP contribution >= 0.6 is 0 Å². The second-order valence-corrected chi connectivity index (χ2v) is 23.5. The lowest BCUT2D eigenvalue weighted by Gasteiger charge is -2.27. The molecule has 0 atom stereocenters. The van der Waals surface area contributed by atoms with Crippen LogP contribution in [0.1, 0.15) is 12.8 Å². The standard InChI is InChI=1S/C16H38O5Si4/c1-23(2,3)18-13-15(20-24(4,5)6)14(11-10-12-22)16(17)19-21-25(7,8)9/h10-13H2,1-9,22H3. The molecule has 0 aromatic carbocycles. The molecule has 0 aliphatic carbocycles. The van der Waals surface area contributed by atoms with Crippen molar-refractivity contribution in [1.82, 2.24) is 0 Å². The van der Waals surface area contributed by atoms with E-state index in [-0.39, 0.29) is 0 Å². The van der Waals surface area contributed by atoms with Crippen LogP contribution in [-0.4, -0.2) is 47.8 Å². The minimum atomic E-state index is -1.94. The molecule has 0 rings (SSSR count). The molecule has 0 aromatic heterocycles. The summed E-state index contributed by atoms with van der Waals surface area (Å²) in [5, 5.41) is 0. The maximum atomic E-state index is 12.7. The highest BCUT2D eigenvalue weighted by atomic mass is 28.4. The van der Waals surface area contributed by atoms with Gasteiger partial charge in [-0.25, -0.2) is 9.37 Å². The average Bonchev–Trinajstić information content (AvgIpc) is 2.39. The first kappa shape index (κ1) is 24.8. The van der Waals surface area contributed by atoms with Crippen LogP contribution in [0.5, 0.6) is 0 Å². The summed E-state index contributed by atoms with van der Waals surface area (Å²) in [6.07, 6.45) is 1.60. The molecule has 0 N–H and O–H groups in total. The van der Waals surface area contributed by atoms with Crippen molar-refractivity contribution >= 4 is 41.2 Å². The normalized spacial score (nSPS) is 14.3. The summed E-state index contributed by atoms with van der Waals surface area (Å²) in [5.74, 6) is 0.214. The first-order valence-electron chi connectivity index (χ1n) is 9.09. The van der Waals surface area contributed by atoms with Crippen molar-refractivity contribution in [2.75, 3.05) is 6.61 Å². The van der Waals surface area contributed by atoms with E-state index in [0.29, 0.717) is 24.4 Å². The van der Waals surface area contributed by atoms with E-state index in [9.17, 15) is 4.79 Å². The Bertz CT molecular complexity index is 459. The maximum absolute atomic E-state index is 12.7. The Morgan fingerprint density at radius 1 is 0.880 bits per heavy atom. The molecule has 0 saturated carbocycles. The largest absolute Gasteiger partial charge is 0.545 e. The highest BCUT2D eigenvalue weighted by Gasteiger charge is 2.28. The number of rotatable bonds is 11. The van der Waals surface area contributed by atoms with Crippen LogP contribution < -0.4 is 0 Å². The Kier molecular flexibility index (Phi) is 10.1. The van der Waals surface area contributed by atoms with E-state index >= 15 is 0 Å². The number of hydrogen-bond acceptors (Lipinski definition) is 5. The molecule has 0 aliphatic heterocycles. The maximum Gasteiger partial charge on any atom is 0.371 e. The van der Waals surface area contributed by atoms with Crippen molar-refractivity contribution in [1.29, 1.82) is 0 Å². The van der Waals surface area contributed by atoms with Gasteiger partial charge in [-0.1, -0.05) is 12.5 Å². The molecule has 25 heavy (non-hydrogen) atoms. The van der Waals surface area contributed by atoms with Gasteiger partial charge in [0.1, 0.15) is 5.76 Å². The van der Waals surface area contributed by atoms with Crippen LogP contribution in [-0.2, 0) is 23.1 Å². The zero-order valence-electron chi connectivity index (χ0n) is 17.9. The third-order valence-corrected chi connectivity index (χ3v) is 5.96. The lowest BCUT2D eigenvalue weighted by molar-refractivity contribution is -0.215. The summed E-state index contributed by atoms with van der Waals surface area (Å²) in [7, 11) is -4.43. The van der Waals surface area contributed by atoms with Gasteiger partial charge in [-0.05, 0) is 65.3 Å². The van der Waals surface area contributed by atoms with Crippen molar-refractivity contribution in [2.45, 2.75) is 77.8 Å². The number of hydrogen-bond donors (Lipinski definition) is 0. The van der Waals surface area contributed by atoms with Crippen LogP contribution in [0.3, 0.4) is 0 Å². The molecular weight excluding hydrogens is 385 g/mol. The molecule has 0 saturated heterocycles. The predicted octanol–water partition coefficient (Wildman–Crippen LogP) is 3.82. The van der Waals surface area contributed by atoms with Crippen molar-refractivity contribution in [3.05, 3.63) is 11.3 Å². The average molecular weight is 423 g/mol. The fraction of sp³-hybridized carbons (Fsp3) is 0.812. The molecule has 0 fully saturated rings. The molecule has 0 aliphatic rings. The van der Waals surface area contributed by atoms with Crippen molar-refractivity contribution in [3.8, 4) is 0 Å². The van der Waals surface area contributed by atoms with E-state index in [0.717, 1.165) is 22.7 Å². The van der Waals surface area contributed by atoms with E-state index in [1.807, 2.05) is 19.6 Å². The molecular formula is C16H38O5Si4. The van der Waals surface area contributed by atoms with Gasteiger partial charge in [-0.3, -0.25) is 0 Å². The summed E-state index contributed by atoms with van der Waals surface area (Å²) >= 11 is 0. The van der Waals surface area contributed by atoms with E-state index in [2.05, 4.69) is 39.3 Å². The van der Waals surface area contributed by atoms with Gasteiger partial charge in [0, 0.05) is 10.2 Å². The molecule has 0 unspecified atom stereocenters. The van der Waals surface area contributed by atoms with Gasteiger partial charge in [0.15, 0.2) is 8.32 Å². The second kappa shape index (κ2) is 10.2. The Hall–Kier alpha value is -0.202. The predicted molar refractivity (Wildman–Crippen MR) is 115 cm³/mol. The topological polar surface area (TPSA) is 54.0 Å². The van der Waals surface area contributed by atoms with Gasteiger partial charge in [-0.15, -0.1) is 0 Å². The van der Waals surface area contributed by atoms with Crippen LogP contribution in [0.2, 0.25) is 65.0 Å². The fourth-order valence-corrected chi connectivity index (χ4v) is 3.92. The Morgan fingerprint density at radius 3 is 1.84 bits per heavy atom. The van der Waals surface area contributed by atoms with Crippen LogP contribution in [0.4, 0.5) is 0 Å². The smallest absolute Gasteiger partial charge is 0.371 e. The Balaban J connectivity index is 5.58. The summed E-state index contributed by atoms with van der Waals surface area (Å²) in [6, 6.07) is 1.13. The van der Waals surface area contributed by atoms with Crippen LogP contribution in [0, 0.1) is 0 Å². The molecule has 9 heteroatoms. The van der Waals surface area contributed by atoms with Gasteiger partial charge in [0.25, 0.3) is 0 Å². The summed E-state index contributed by atoms with van der Waals surface area (Å²) in [4.78, 5) is 17.8. The van der Waals surface area contributed by atoms with Crippen molar-refractivity contribution in [2.24, 2.45) is 0 Å². The zero-order valence-corrected chi connectivity index (χ0v) is 22.9. The molecule has 0 spiro atoms. The summed E-state index contributed by atoms with van der Waals surface area (Å²) in [6.45, 7) is 19.0. The monoisotopic (exact) mass is 422 g/mol. The fourth-order valence-electron chi connectivity index (χ4n) is 1.75. The number of carbonyl (C=O) groups excluding carboxylic acids is 1. The molecule has 0 bridgehead atoms. The van der Waals surface area contributed by atoms with Gasteiger partial charge >= 0.3 is 5.97 Å². The van der Waals surface area contributed by atoms with E-state index in [4.69, 9.17) is 18.3 Å². The van der Waals surface area contributed by atoms with Gasteiger partial charge in [-0.2, -0.15) is 0 Å². The summed E-state index contributed by atoms with van der Waals surface area (Å²) in [5.41, 5.74) is 0.578. The van der Waals surface area contributed by atoms with Crippen LogP contribution in [0.15, 0.2) is 11.3 Å². The van der Waals surface area contributed by atoms with Crippen LogP contribution in [0.25, 0.3) is 0 Å². The third-order valence-electron chi connectivity index (χ3n) is 2.80. The summed E-state index contributed by atoms with van der Waals surface area (Å²) < 4.78 is 17.6. The molecule has 0 heterocycles. The molecule has 148 valence electrons. The number of carbonyl (C=O) groups is 1. The zero-order chi connectivity index (χ0) is 19.9. The molecule has 0 radical (unpaired) electrons. The first-order chi connectivity index (χ1) is 11.1. The lowest BCUT2D eigenvalue weighted by atomic mass is 10.1. The lowest BCUT2D eigenvalue weighted by Crippen LogP contribution is -2.33. The minimum Gasteiger partial charge on any atom is -0.545 e. The van der Waals surface area contributed by atoms with Crippen molar-refractivity contribution in [3.63, 3.8) is 0 Å². The van der Waals surface area contributed by atoms with E-state index in [1.165, 1.54) is 0 Å². The van der Waals surface area contributed by atoms with Gasteiger partial charge in [0.05, 0.1) is 12.2 Å². The Labute approximate surface area is 160 Å². The quantitative estimate of drug-likeness (QED) is 0.167. The third kappa shape index (κ3) is 13.6. The first-order valence-corrected chi connectivity index (χ1v) is 20.7. The molecule has 5 nitrogen and oxygen atoms in total. The highest BCUT2D eigenvalue weighted by Crippen LogP contribution is 2.22. The second-order valence-electron chi connectivity index (χ2n) is 9.19. The molecule has 0 aromatic rings.